The molecule has 4 fully saturated rings. The van der Waals surface area contributed by atoms with Crippen molar-refractivity contribution in [2.45, 2.75) is 132 Å². The first-order chi connectivity index (χ1) is 20.2. The van der Waals surface area contributed by atoms with E-state index in [1.807, 2.05) is 7.11 Å². The Labute approximate surface area is 268 Å². The van der Waals surface area contributed by atoms with Crippen molar-refractivity contribution in [3.8, 4) is 0 Å². The number of carboxylic acids is 1. The van der Waals surface area contributed by atoms with E-state index in [9.17, 15) is 9.90 Å². The third kappa shape index (κ3) is 4.57. The summed E-state index contributed by atoms with van der Waals surface area (Å²) in [6, 6.07) is 0. The number of aliphatic carboxylic acids is 1. The molecule has 6 heteroatoms. The van der Waals surface area contributed by atoms with Crippen molar-refractivity contribution in [2.75, 3.05) is 26.9 Å². The summed E-state index contributed by atoms with van der Waals surface area (Å²) in [5, 5.41) is 11.0. The molecule has 0 radical (unpaired) electrons. The first-order valence-corrected chi connectivity index (χ1v) is 17.6. The second-order valence-electron chi connectivity index (χ2n) is 18.7. The molecule has 2 bridgehead atoms. The molecule has 0 aromatic heterocycles. The van der Waals surface area contributed by atoms with Crippen LogP contribution in [0.3, 0.4) is 0 Å². The molecule has 5 rings (SSSR count). The number of ether oxygens (including phenoxy) is 3. The van der Waals surface area contributed by atoms with Gasteiger partial charge in [-0.2, -0.15) is 0 Å². The Morgan fingerprint density at radius 3 is 2.30 bits per heavy atom. The van der Waals surface area contributed by atoms with Gasteiger partial charge in [0.05, 0.1) is 37.9 Å². The largest absolute Gasteiger partial charge is 0.481 e. The van der Waals surface area contributed by atoms with Crippen molar-refractivity contribution < 1.29 is 24.1 Å². The van der Waals surface area contributed by atoms with Crippen LogP contribution in [0.15, 0.2) is 11.6 Å². The van der Waals surface area contributed by atoms with Crippen LogP contribution in [-0.4, -0.2) is 55.8 Å². The zero-order chi connectivity index (χ0) is 32.9. The number of hydrogen-bond acceptors (Lipinski definition) is 5. The highest BCUT2D eigenvalue weighted by Crippen LogP contribution is 2.75. The van der Waals surface area contributed by atoms with E-state index in [2.05, 4.69) is 82.2 Å². The Morgan fingerprint density at radius 2 is 1.73 bits per heavy atom. The third-order valence-corrected chi connectivity index (χ3v) is 15.6. The Kier molecular flexibility index (Phi) is 8.43. The summed E-state index contributed by atoms with van der Waals surface area (Å²) < 4.78 is 19.8. The highest BCUT2D eigenvalue weighted by atomic mass is 16.5. The quantitative estimate of drug-likeness (QED) is 0.285. The maximum absolute atomic E-state index is 13.3. The maximum atomic E-state index is 13.3. The predicted molar refractivity (Wildman–Crippen MR) is 176 cm³/mol. The van der Waals surface area contributed by atoms with Gasteiger partial charge in [0.15, 0.2) is 0 Å². The summed E-state index contributed by atoms with van der Waals surface area (Å²) in [5.41, 5.74) is 6.85. The van der Waals surface area contributed by atoms with Crippen molar-refractivity contribution in [3.63, 3.8) is 0 Å². The molecule has 5 aliphatic rings. The van der Waals surface area contributed by atoms with E-state index in [-0.39, 0.29) is 50.6 Å². The van der Waals surface area contributed by atoms with E-state index in [0.717, 1.165) is 45.1 Å². The van der Waals surface area contributed by atoms with Gasteiger partial charge in [-0.1, -0.05) is 80.9 Å². The van der Waals surface area contributed by atoms with Gasteiger partial charge in [0, 0.05) is 23.5 Å². The Morgan fingerprint density at radius 1 is 1.07 bits per heavy atom. The molecule has 1 aliphatic heterocycles. The number of nitrogens with two attached hydrogens (primary N) is 1. The smallest absolute Gasteiger partial charge is 0.307 e. The first-order valence-electron chi connectivity index (χ1n) is 17.6. The van der Waals surface area contributed by atoms with Crippen LogP contribution in [0.4, 0.5) is 0 Å². The molecular formula is C38H65NO5. The number of fused-ring (bicyclic) bond motifs is 3. The van der Waals surface area contributed by atoms with Crippen molar-refractivity contribution in [1.82, 2.24) is 0 Å². The van der Waals surface area contributed by atoms with Crippen LogP contribution in [0.1, 0.15) is 115 Å². The second kappa shape index (κ2) is 10.8. The topological polar surface area (TPSA) is 91.0 Å². The molecule has 1 saturated heterocycles. The summed E-state index contributed by atoms with van der Waals surface area (Å²) in [6.07, 6.45) is 8.31. The molecule has 44 heavy (non-hydrogen) atoms. The zero-order valence-corrected chi connectivity index (χ0v) is 30.1. The number of carboxylic acid groups (broad SMARTS) is 1. The fourth-order valence-corrected chi connectivity index (χ4v) is 11.6. The summed E-state index contributed by atoms with van der Waals surface area (Å²) in [4.78, 5) is 13.3. The monoisotopic (exact) mass is 615 g/mol. The van der Waals surface area contributed by atoms with Gasteiger partial charge in [0.2, 0.25) is 0 Å². The van der Waals surface area contributed by atoms with Gasteiger partial charge in [0.25, 0.3) is 0 Å². The van der Waals surface area contributed by atoms with E-state index in [4.69, 9.17) is 19.9 Å². The minimum Gasteiger partial charge on any atom is -0.481 e. The van der Waals surface area contributed by atoms with Crippen LogP contribution in [0.25, 0.3) is 0 Å². The molecule has 0 amide bonds. The fourth-order valence-electron chi connectivity index (χ4n) is 11.6. The molecule has 0 spiro atoms. The molecular weight excluding hydrogens is 550 g/mol. The standard InChI is InChI=1S/C38H65NO5/c1-23(2)24(3)33(7)17-18-35(9)25-13-14-28-34(8)20-43-22-38(28,26(25)15-16-36(35,10)29(33)31(40)41)19-27(42-12)30(34)44-21-37(11,39)32(4,5)6/h15,23-25,27-30H,13-14,16-22,39H2,1-12H3,(H,40,41)/t24-,25+,27?,28+,29-,30+,33-,34+,35-,36+,37+,38+/m1/s1. The van der Waals surface area contributed by atoms with E-state index in [0.29, 0.717) is 36.9 Å². The average Bonchev–Trinajstić information content (AvgIpc) is 2.91. The van der Waals surface area contributed by atoms with Gasteiger partial charge in [-0.3, -0.25) is 4.79 Å². The Hall–Kier alpha value is -0.950. The number of methoxy groups -OCH3 is 1. The van der Waals surface area contributed by atoms with E-state index in [1.165, 1.54) is 0 Å². The molecule has 1 unspecified atom stereocenters. The van der Waals surface area contributed by atoms with Crippen molar-refractivity contribution >= 4 is 5.97 Å². The van der Waals surface area contributed by atoms with Gasteiger partial charge < -0.3 is 25.1 Å². The van der Waals surface area contributed by atoms with Crippen molar-refractivity contribution in [2.24, 2.45) is 67.8 Å². The van der Waals surface area contributed by atoms with Crippen molar-refractivity contribution in [1.29, 1.82) is 0 Å². The zero-order valence-electron chi connectivity index (χ0n) is 30.1. The number of hydrogen-bond donors (Lipinski definition) is 2. The molecule has 4 aliphatic carbocycles. The van der Waals surface area contributed by atoms with Gasteiger partial charge in [0.1, 0.15) is 0 Å². The lowest BCUT2D eigenvalue weighted by Crippen LogP contribution is -2.70. The lowest BCUT2D eigenvalue weighted by atomic mass is 9.34. The van der Waals surface area contributed by atoms with Crippen LogP contribution >= 0.6 is 0 Å². The van der Waals surface area contributed by atoms with Crippen LogP contribution in [-0.2, 0) is 19.0 Å². The third-order valence-electron chi connectivity index (χ3n) is 15.6. The maximum Gasteiger partial charge on any atom is 0.307 e. The highest BCUT2D eigenvalue weighted by molar-refractivity contribution is 5.73. The molecule has 6 nitrogen and oxygen atoms in total. The first kappa shape index (κ1) is 34.4. The molecule has 252 valence electrons. The number of allylic oxidation sites excluding steroid dienone is 1. The second-order valence-corrected chi connectivity index (χ2v) is 18.7. The number of rotatable bonds is 7. The molecule has 0 aromatic rings. The van der Waals surface area contributed by atoms with E-state index < -0.39 is 11.5 Å². The molecule has 3 saturated carbocycles. The average molecular weight is 616 g/mol. The SMILES string of the molecule is COC1C[C@@]23COC[C@@](C)([C@@H]2CC[C@H]2C3=CC[C@@]3(C)[C@H](C(=O)O)[C@@](C)([C@H](C)C(C)C)CC[C@]23C)[C@H]1OC[C@](C)(N)C(C)(C)C. The van der Waals surface area contributed by atoms with Crippen LogP contribution < -0.4 is 5.73 Å². The fraction of sp³-hybridized carbons (Fsp3) is 0.921. The van der Waals surface area contributed by atoms with Crippen molar-refractivity contribution in [3.05, 3.63) is 11.6 Å². The molecule has 1 heterocycles. The van der Waals surface area contributed by atoms with E-state index >= 15 is 0 Å². The summed E-state index contributed by atoms with van der Waals surface area (Å²) in [6.45, 7) is 26.7. The van der Waals surface area contributed by atoms with Crippen LogP contribution in [0.5, 0.6) is 0 Å². The number of carbonyl (C=O) groups is 1. The van der Waals surface area contributed by atoms with Crippen LogP contribution in [0, 0.1) is 62.1 Å². The Bertz CT molecular complexity index is 1160. The highest BCUT2D eigenvalue weighted by Gasteiger charge is 2.71. The summed E-state index contributed by atoms with van der Waals surface area (Å²) >= 11 is 0. The van der Waals surface area contributed by atoms with Crippen LogP contribution in [0.2, 0.25) is 0 Å². The minimum absolute atomic E-state index is 0.0509. The van der Waals surface area contributed by atoms with Gasteiger partial charge in [-0.25, -0.2) is 0 Å². The van der Waals surface area contributed by atoms with Gasteiger partial charge >= 0.3 is 5.97 Å². The summed E-state index contributed by atoms with van der Waals surface area (Å²) in [7, 11) is 1.84. The van der Waals surface area contributed by atoms with E-state index in [1.54, 1.807) is 5.57 Å². The molecule has 3 N–H and O–H groups in total. The molecule has 0 aromatic carbocycles. The van der Waals surface area contributed by atoms with Gasteiger partial charge in [-0.15, -0.1) is 0 Å². The lowest BCUT2D eigenvalue weighted by molar-refractivity contribution is -0.270. The lowest BCUT2D eigenvalue weighted by Gasteiger charge is -2.71. The summed E-state index contributed by atoms with van der Waals surface area (Å²) in [5.74, 6) is 0.580. The predicted octanol–water partition coefficient (Wildman–Crippen LogP) is 7.74. The minimum atomic E-state index is -0.607. The molecule has 12 atom stereocenters. The van der Waals surface area contributed by atoms with Gasteiger partial charge in [-0.05, 0) is 90.8 Å². The Balaban J connectivity index is 1.54. The normalized spacial score (nSPS) is 47.5.